The van der Waals surface area contributed by atoms with Crippen LogP contribution in [0.1, 0.15) is 52.1 Å². The molecular weight excluding hydrogens is 294 g/mol. The van der Waals surface area contributed by atoms with Crippen molar-refractivity contribution >= 4 is 26.5 Å². The monoisotopic (exact) mass is 319 g/mol. The van der Waals surface area contributed by atoms with Crippen molar-refractivity contribution in [1.82, 2.24) is 10.3 Å². The highest BCUT2D eigenvalue weighted by Gasteiger charge is 2.13. The molecule has 0 fully saturated rings. The molecule has 7 heteroatoms. The van der Waals surface area contributed by atoms with Gasteiger partial charge in [-0.2, -0.15) is 0 Å². The van der Waals surface area contributed by atoms with Crippen molar-refractivity contribution in [3.05, 3.63) is 11.1 Å². The van der Waals surface area contributed by atoms with E-state index >= 15 is 0 Å². The van der Waals surface area contributed by atoms with Crippen molar-refractivity contribution in [2.45, 2.75) is 52.5 Å². The molecule has 0 bridgehead atoms. The number of unbranched alkanes of at least 4 members (excludes halogenated alkanes) is 1. The van der Waals surface area contributed by atoms with E-state index in [4.69, 9.17) is 0 Å². The Morgan fingerprint density at radius 2 is 1.95 bits per heavy atom. The molecule has 1 heterocycles. The Hall–Kier alpha value is -0.660. The molecule has 0 atom stereocenters. The van der Waals surface area contributed by atoms with Gasteiger partial charge in [0.1, 0.15) is 0 Å². The van der Waals surface area contributed by atoms with E-state index in [0.29, 0.717) is 23.5 Å². The third-order valence-electron chi connectivity index (χ3n) is 2.75. The Kier molecular flexibility index (Phi) is 6.91. The molecule has 1 aromatic heterocycles. The molecule has 5 nitrogen and oxygen atoms in total. The van der Waals surface area contributed by atoms with Gasteiger partial charge < -0.3 is 5.32 Å². The zero-order chi connectivity index (χ0) is 15.2. The Morgan fingerprint density at radius 1 is 1.25 bits per heavy atom. The first-order valence-electron chi connectivity index (χ1n) is 6.99. The van der Waals surface area contributed by atoms with Gasteiger partial charge in [-0.15, -0.1) is 11.3 Å². The Labute approximate surface area is 126 Å². The summed E-state index contributed by atoms with van der Waals surface area (Å²) in [4.78, 5) is 4.28. The zero-order valence-electron chi connectivity index (χ0n) is 12.6. The third-order valence-corrected chi connectivity index (χ3v) is 4.98. The van der Waals surface area contributed by atoms with Crippen LogP contribution in [-0.2, 0) is 10.0 Å². The maximum Gasteiger partial charge on any atom is 0.234 e. The fourth-order valence-electron chi connectivity index (χ4n) is 1.59. The summed E-state index contributed by atoms with van der Waals surface area (Å²) in [5.74, 6) is 0.454. The highest BCUT2D eigenvalue weighted by Crippen LogP contribution is 2.22. The van der Waals surface area contributed by atoms with E-state index in [-0.39, 0.29) is 5.75 Å². The van der Waals surface area contributed by atoms with Crippen molar-refractivity contribution in [2.24, 2.45) is 0 Å². The minimum Gasteiger partial charge on any atom is -0.315 e. The summed E-state index contributed by atoms with van der Waals surface area (Å²) < 4.78 is 26.4. The van der Waals surface area contributed by atoms with Gasteiger partial charge in [-0.25, -0.2) is 13.4 Å². The number of rotatable bonds is 9. The number of aromatic nitrogens is 1. The van der Waals surface area contributed by atoms with Crippen LogP contribution in [0.4, 0.5) is 5.13 Å². The van der Waals surface area contributed by atoms with Crippen LogP contribution >= 0.6 is 11.3 Å². The average Bonchev–Trinajstić information content (AvgIpc) is 2.75. The first kappa shape index (κ1) is 17.4. The second kappa shape index (κ2) is 7.95. The fourth-order valence-corrected chi connectivity index (χ4v) is 3.88. The molecule has 0 amide bonds. The van der Waals surface area contributed by atoms with Gasteiger partial charge in [-0.3, -0.25) is 4.72 Å². The smallest absolute Gasteiger partial charge is 0.234 e. The van der Waals surface area contributed by atoms with Crippen LogP contribution in [0.3, 0.4) is 0 Å². The van der Waals surface area contributed by atoms with E-state index in [1.807, 2.05) is 19.2 Å². The Morgan fingerprint density at radius 3 is 2.50 bits per heavy atom. The lowest BCUT2D eigenvalue weighted by Gasteiger charge is -2.08. The molecule has 20 heavy (non-hydrogen) atoms. The molecule has 0 saturated carbocycles. The largest absolute Gasteiger partial charge is 0.315 e. The van der Waals surface area contributed by atoms with Crippen molar-refractivity contribution in [3.63, 3.8) is 0 Å². The maximum absolute atomic E-state index is 11.9. The van der Waals surface area contributed by atoms with Gasteiger partial charge >= 0.3 is 0 Å². The summed E-state index contributed by atoms with van der Waals surface area (Å²) in [5.41, 5.74) is 0.925. The Bertz CT molecular complexity index is 495. The molecule has 0 unspecified atom stereocenters. The number of hydrogen-bond donors (Lipinski definition) is 2. The lowest BCUT2D eigenvalue weighted by Crippen LogP contribution is -2.24. The van der Waals surface area contributed by atoms with Gasteiger partial charge in [-0.05, 0) is 25.3 Å². The van der Waals surface area contributed by atoms with Crippen LogP contribution in [0.15, 0.2) is 5.38 Å². The lowest BCUT2D eigenvalue weighted by molar-refractivity contribution is 0.561. The van der Waals surface area contributed by atoms with Gasteiger partial charge in [-0.1, -0.05) is 27.7 Å². The quantitative estimate of drug-likeness (QED) is 0.687. The van der Waals surface area contributed by atoms with Crippen molar-refractivity contribution in [1.29, 1.82) is 0 Å². The minimum absolute atomic E-state index is 0.142. The molecule has 0 aliphatic carbocycles. The number of thiazole rings is 1. The summed E-state index contributed by atoms with van der Waals surface area (Å²) in [6, 6.07) is 0.439. The van der Waals surface area contributed by atoms with Crippen molar-refractivity contribution in [3.8, 4) is 0 Å². The molecule has 0 radical (unpaired) electrons. The normalized spacial score (nSPS) is 12.3. The van der Waals surface area contributed by atoms with Crippen LogP contribution in [0, 0.1) is 0 Å². The van der Waals surface area contributed by atoms with E-state index < -0.39 is 10.0 Å². The fraction of sp³-hybridized carbons (Fsp3) is 0.769. The molecule has 0 aromatic carbocycles. The van der Waals surface area contributed by atoms with Crippen molar-refractivity contribution in [2.75, 3.05) is 17.0 Å². The molecule has 2 N–H and O–H groups in total. The molecule has 1 aromatic rings. The lowest BCUT2D eigenvalue weighted by atomic mass is 10.2. The number of sulfonamides is 1. The summed E-state index contributed by atoms with van der Waals surface area (Å²) in [7, 11) is -3.28. The van der Waals surface area contributed by atoms with E-state index in [1.165, 1.54) is 11.3 Å². The first-order valence-corrected chi connectivity index (χ1v) is 9.52. The molecule has 1 rings (SSSR count). The van der Waals surface area contributed by atoms with E-state index in [9.17, 15) is 8.42 Å². The van der Waals surface area contributed by atoms with Crippen LogP contribution < -0.4 is 10.0 Å². The van der Waals surface area contributed by atoms with Crippen LogP contribution in [-0.4, -0.2) is 31.7 Å². The predicted molar refractivity (Wildman–Crippen MR) is 86.0 cm³/mol. The second-order valence-corrected chi connectivity index (χ2v) is 8.17. The summed E-state index contributed by atoms with van der Waals surface area (Å²) >= 11 is 1.34. The van der Waals surface area contributed by atoms with Gasteiger partial charge in [0, 0.05) is 11.4 Å². The van der Waals surface area contributed by atoms with E-state index in [0.717, 1.165) is 18.7 Å². The zero-order valence-corrected chi connectivity index (χ0v) is 14.3. The van der Waals surface area contributed by atoms with E-state index in [1.54, 1.807) is 0 Å². The van der Waals surface area contributed by atoms with Gasteiger partial charge in [0.2, 0.25) is 10.0 Å². The Balaban J connectivity index is 2.37. The molecule has 116 valence electrons. The summed E-state index contributed by atoms with van der Waals surface area (Å²) in [5, 5.41) is 5.64. The third kappa shape index (κ3) is 6.67. The molecule has 0 aliphatic heterocycles. The highest BCUT2D eigenvalue weighted by atomic mass is 32.2. The standard InChI is InChI=1S/C13H25N3O2S2/c1-10(2)12-9-19-13(15-12)16-20(17,18)8-6-5-7-14-11(3)4/h9-11,14H,5-8H2,1-4H3,(H,15,16). The second-order valence-electron chi connectivity index (χ2n) is 5.47. The average molecular weight is 319 g/mol. The van der Waals surface area contributed by atoms with Crippen LogP contribution in [0.2, 0.25) is 0 Å². The summed E-state index contributed by atoms with van der Waals surface area (Å²) in [6.07, 6.45) is 1.51. The molecule has 0 aliphatic rings. The van der Waals surface area contributed by atoms with Crippen molar-refractivity contribution < 1.29 is 8.42 Å². The highest BCUT2D eigenvalue weighted by molar-refractivity contribution is 7.92. The molecule has 0 spiro atoms. The van der Waals surface area contributed by atoms with E-state index in [2.05, 4.69) is 28.9 Å². The van der Waals surface area contributed by atoms with Gasteiger partial charge in [0.15, 0.2) is 5.13 Å². The van der Waals surface area contributed by atoms with Crippen LogP contribution in [0.5, 0.6) is 0 Å². The number of anilines is 1. The van der Waals surface area contributed by atoms with Crippen LogP contribution in [0.25, 0.3) is 0 Å². The predicted octanol–water partition coefficient (Wildman–Crippen LogP) is 2.79. The topological polar surface area (TPSA) is 71.1 Å². The summed E-state index contributed by atoms with van der Waals surface area (Å²) in [6.45, 7) is 9.08. The number of hydrogen-bond acceptors (Lipinski definition) is 5. The van der Waals surface area contributed by atoms with Gasteiger partial charge in [0.05, 0.1) is 11.4 Å². The molecule has 0 saturated heterocycles. The number of nitrogens with one attached hydrogen (secondary N) is 2. The minimum atomic E-state index is -3.28. The molecular formula is C13H25N3O2S2. The maximum atomic E-state index is 11.9. The van der Waals surface area contributed by atoms with Gasteiger partial charge in [0.25, 0.3) is 0 Å². The SMILES string of the molecule is CC(C)NCCCCS(=O)(=O)Nc1nc(C(C)C)cs1. The number of nitrogens with zero attached hydrogens (tertiary/aromatic N) is 1. The first-order chi connectivity index (χ1) is 9.30.